The predicted octanol–water partition coefficient (Wildman–Crippen LogP) is 0.587. The molecule has 0 saturated carbocycles. The van der Waals surface area contributed by atoms with Crippen molar-refractivity contribution in [1.82, 2.24) is 14.7 Å². The van der Waals surface area contributed by atoms with Gasteiger partial charge in [0.2, 0.25) is 0 Å². The number of aromatic nitrogens is 2. The Labute approximate surface area is 146 Å². The van der Waals surface area contributed by atoms with Gasteiger partial charge in [-0.3, -0.25) is 9.69 Å². The van der Waals surface area contributed by atoms with Crippen LogP contribution in [0.5, 0.6) is 11.5 Å². The predicted molar refractivity (Wildman–Crippen MR) is 93.0 cm³/mol. The molecule has 0 bridgehead atoms. The molecule has 0 saturated heterocycles. The zero-order valence-corrected chi connectivity index (χ0v) is 14.5. The van der Waals surface area contributed by atoms with Crippen molar-refractivity contribution in [3.63, 3.8) is 0 Å². The number of rotatable bonds is 6. The third kappa shape index (κ3) is 4.00. The van der Waals surface area contributed by atoms with Gasteiger partial charge in [0.15, 0.2) is 11.5 Å². The number of methoxy groups -OCH3 is 1. The summed E-state index contributed by atoms with van der Waals surface area (Å²) in [6, 6.07) is 7.35. The minimum Gasteiger partial charge on any atom is -0.493 e. The highest BCUT2D eigenvalue weighted by atomic mass is 16.5. The third-order valence-corrected chi connectivity index (χ3v) is 4.37. The number of hydrogen-bond donors (Lipinski definition) is 1. The van der Waals surface area contributed by atoms with E-state index in [-0.39, 0.29) is 12.2 Å². The maximum Gasteiger partial charge on any atom is 0.270 e. The van der Waals surface area contributed by atoms with Crippen LogP contribution in [0.3, 0.4) is 0 Å². The minimum atomic E-state index is -0.633. The molecule has 7 nitrogen and oxygen atoms in total. The molecule has 1 unspecified atom stereocenters. The van der Waals surface area contributed by atoms with E-state index in [9.17, 15) is 9.90 Å². The summed E-state index contributed by atoms with van der Waals surface area (Å²) in [7, 11) is 3.25. The van der Waals surface area contributed by atoms with E-state index in [1.54, 1.807) is 20.4 Å². The highest BCUT2D eigenvalue weighted by molar-refractivity contribution is 5.39. The number of aliphatic hydroxyl groups is 1. The monoisotopic (exact) mass is 345 g/mol. The average Bonchev–Trinajstić information content (AvgIpc) is 2.63. The lowest BCUT2D eigenvalue weighted by Gasteiger charge is -2.29. The van der Waals surface area contributed by atoms with E-state index < -0.39 is 6.10 Å². The fraction of sp³-hybridized carbons (Fsp3) is 0.444. The summed E-state index contributed by atoms with van der Waals surface area (Å²) in [5, 5.41) is 14.4. The Morgan fingerprint density at radius 2 is 2.08 bits per heavy atom. The van der Waals surface area contributed by atoms with Gasteiger partial charge in [-0.2, -0.15) is 5.10 Å². The summed E-state index contributed by atoms with van der Waals surface area (Å²) in [6.07, 6.45) is 1.77. The first-order valence-corrected chi connectivity index (χ1v) is 8.28. The number of benzene rings is 1. The number of aliphatic hydroxyl groups excluding tert-OH is 1. The SMILES string of the molecule is COc1ccccc1OCC(O)CN1CCc2c(cnn(C)c2=O)C1. The number of β-amino-alcohol motifs (C(OH)–C–C–N with tert-alkyl or cyclic N) is 1. The molecule has 7 heteroatoms. The quantitative estimate of drug-likeness (QED) is 0.826. The maximum absolute atomic E-state index is 12.1. The van der Waals surface area contributed by atoms with Gasteiger partial charge >= 0.3 is 0 Å². The van der Waals surface area contributed by atoms with E-state index in [0.29, 0.717) is 31.0 Å². The molecule has 0 amide bonds. The number of nitrogens with zero attached hydrogens (tertiary/aromatic N) is 3. The van der Waals surface area contributed by atoms with Crippen LogP contribution in [-0.4, -0.2) is 52.7 Å². The molecule has 2 heterocycles. The smallest absolute Gasteiger partial charge is 0.270 e. The normalized spacial score (nSPS) is 15.5. The average molecular weight is 345 g/mol. The fourth-order valence-electron chi connectivity index (χ4n) is 3.04. The molecule has 0 spiro atoms. The molecule has 0 fully saturated rings. The Kier molecular flexibility index (Phi) is 5.35. The van der Waals surface area contributed by atoms with E-state index in [1.807, 2.05) is 24.3 Å². The highest BCUT2D eigenvalue weighted by Gasteiger charge is 2.22. The van der Waals surface area contributed by atoms with Gasteiger partial charge in [-0.15, -0.1) is 0 Å². The van der Waals surface area contributed by atoms with Crippen LogP contribution in [0.15, 0.2) is 35.3 Å². The molecule has 1 aliphatic rings. The maximum atomic E-state index is 12.1. The summed E-state index contributed by atoms with van der Waals surface area (Å²) in [4.78, 5) is 14.2. The number of fused-ring (bicyclic) bond motifs is 1. The van der Waals surface area contributed by atoms with Crippen LogP contribution in [0, 0.1) is 0 Å². The first-order valence-electron chi connectivity index (χ1n) is 8.28. The summed E-state index contributed by atoms with van der Waals surface area (Å²) in [5.41, 5.74) is 1.73. The number of para-hydroxylation sites is 2. The Morgan fingerprint density at radius 3 is 2.84 bits per heavy atom. The first kappa shape index (κ1) is 17.4. The summed E-state index contributed by atoms with van der Waals surface area (Å²) < 4.78 is 12.3. The molecule has 2 aromatic rings. The van der Waals surface area contributed by atoms with E-state index >= 15 is 0 Å². The van der Waals surface area contributed by atoms with Gasteiger partial charge in [0.1, 0.15) is 12.7 Å². The van der Waals surface area contributed by atoms with E-state index in [0.717, 1.165) is 17.7 Å². The van der Waals surface area contributed by atoms with Crippen LogP contribution >= 0.6 is 0 Å². The zero-order valence-electron chi connectivity index (χ0n) is 14.5. The van der Waals surface area contributed by atoms with Crippen molar-refractivity contribution in [2.75, 3.05) is 26.8 Å². The van der Waals surface area contributed by atoms with Crippen LogP contribution in [0.25, 0.3) is 0 Å². The van der Waals surface area contributed by atoms with Gasteiger partial charge in [-0.05, 0) is 24.1 Å². The molecule has 1 atom stereocenters. The Balaban J connectivity index is 1.56. The van der Waals surface area contributed by atoms with Crippen molar-refractivity contribution in [1.29, 1.82) is 0 Å². The van der Waals surface area contributed by atoms with Crippen molar-refractivity contribution < 1.29 is 14.6 Å². The zero-order chi connectivity index (χ0) is 17.8. The Bertz CT molecular complexity index is 790. The van der Waals surface area contributed by atoms with E-state index in [2.05, 4.69) is 10.00 Å². The van der Waals surface area contributed by atoms with Crippen LogP contribution < -0.4 is 15.0 Å². The molecule has 1 aliphatic heterocycles. The lowest BCUT2D eigenvalue weighted by Crippen LogP contribution is -2.41. The number of ether oxygens (including phenoxy) is 2. The second-order valence-corrected chi connectivity index (χ2v) is 6.18. The van der Waals surface area contributed by atoms with Crippen LogP contribution in [-0.2, 0) is 20.0 Å². The Hall–Kier alpha value is -2.38. The van der Waals surface area contributed by atoms with Crippen molar-refractivity contribution in [3.05, 3.63) is 51.9 Å². The van der Waals surface area contributed by atoms with E-state index in [1.165, 1.54) is 4.68 Å². The van der Waals surface area contributed by atoms with Crippen molar-refractivity contribution in [2.45, 2.75) is 19.1 Å². The first-order chi connectivity index (χ1) is 12.1. The van der Waals surface area contributed by atoms with Gasteiger partial charge in [-0.25, -0.2) is 4.68 Å². The van der Waals surface area contributed by atoms with Gasteiger partial charge in [0.05, 0.1) is 13.3 Å². The molecule has 1 N–H and O–H groups in total. The standard InChI is InChI=1S/C18H23N3O4/c1-20-18(23)15-7-8-21(10-13(15)9-19-20)11-14(22)12-25-17-6-4-3-5-16(17)24-2/h3-6,9,14,22H,7-8,10-12H2,1-2H3. The van der Waals surface area contributed by atoms with Gasteiger partial charge < -0.3 is 14.6 Å². The molecule has 1 aromatic heterocycles. The molecular weight excluding hydrogens is 322 g/mol. The largest absolute Gasteiger partial charge is 0.493 e. The lowest BCUT2D eigenvalue weighted by molar-refractivity contribution is 0.0626. The number of hydrogen-bond acceptors (Lipinski definition) is 6. The van der Waals surface area contributed by atoms with Crippen LogP contribution in [0.1, 0.15) is 11.1 Å². The van der Waals surface area contributed by atoms with Crippen molar-refractivity contribution >= 4 is 0 Å². The summed E-state index contributed by atoms with van der Waals surface area (Å²) >= 11 is 0. The molecule has 0 aliphatic carbocycles. The number of aryl methyl sites for hydroxylation is 1. The second kappa shape index (κ2) is 7.67. The third-order valence-electron chi connectivity index (χ3n) is 4.37. The molecule has 134 valence electrons. The fourth-order valence-corrected chi connectivity index (χ4v) is 3.04. The van der Waals surface area contributed by atoms with Crippen LogP contribution in [0.2, 0.25) is 0 Å². The van der Waals surface area contributed by atoms with Gasteiger partial charge in [-0.1, -0.05) is 12.1 Å². The van der Waals surface area contributed by atoms with Crippen molar-refractivity contribution in [2.24, 2.45) is 7.05 Å². The molecule has 1 aromatic carbocycles. The second-order valence-electron chi connectivity index (χ2n) is 6.18. The minimum absolute atomic E-state index is 0.0304. The topological polar surface area (TPSA) is 76.8 Å². The van der Waals surface area contributed by atoms with Crippen LogP contribution in [0.4, 0.5) is 0 Å². The molecular formula is C18H23N3O4. The van der Waals surface area contributed by atoms with Gasteiger partial charge in [0, 0.05) is 32.2 Å². The van der Waals surface area contributed by atoms with Gasteiger partial charge in [0.25, 0.3) is 5.56 Å². The summed E-state index contributed by atoms with van der Waals surface area (Å²) in [6.45, 7) is 2.00. The lowest BCUT2D eigenvalue weighted by atomic mass is 10.0. The molecule has 0 radical (unpaired) electrons. The summed E-state index contributed by atoms with van der Waals surface area (Å²) in [5.74, 6) is 1.25. The van der Waals surface area contributed by atoms with E-state index in [4.69, 9.17) is 9.47 Å². The van der Waals surface area contributed by atoms with Crippen molar-refractivity contribution in [3.8, 4) is 11.5 Å². The highest BCUT2D eigenvalue weighted by Crippen LogP contribution is 2.25. The Morgan fingerprint density at radius 1 is 1.32 bits per heavy atom. The molecule has 3 rings (SSSR count). The molecule has 25 heavy (non-hydrogen) atoms.